The Morgan fingerprint density at radius 2 is 2.04 bits per heavy atom. The summed E-state index contributed by atoms with van der Waals surface area (Å²) in [6.45, 7) is 0.334. The van der Waals surface area contributed by atoms with Gasteiger partial charge in [0.25, 0.3) is 0 Å². The van der Waals surface area contributed by atoms with E-state index in [-0.39, 0.29) is 10.9 Å². The Kier molecular flexibility index (Phi) is 5.53. The van der Waals surface area contributed by atoms with Gasteiger partial charge in [0.1, 0.15) is 11.7 Å². The quantitative estimate of drug-likeness (QED) is 0.631. The van der Waals surface area contributed by atoms with Crippen LogP contribution in [0.2, 0.25) is 5.02 Å². The third-order valence-corrected chi connectivity index (χ3v) is 5.49. The van der Waals surface area contributed by atoms with E-state index in [1.54, 1.807) is 19.2 Å². The lowest BCUT2D eigenvalue weighted by atomic mass is 9.87. The molecular formula is C19H18ClFN2O2S. The smallest absolute Gasteiger partial charge is 0.237 e. The molecule has 4 nitrogen and oxygen atoms in total. The Morgan fingerprint density at radius 3 is 2.73 bits per heavy atom. The highest BCUT2D eigenvalue weighted by molar-refractivity contribution is 7.98. The number of likely N-dealkylation sites (N-methyl/N-ethyl adjacent to an activating group) is 1. The summed E-state index contributed by atoms with van der Waals surface area (Å²) >= 11 is 7.46. The highest BCUT2D eigenvalue weighted by Crippen LogP contribution is 2.36. The lowest BCUT2D eigenvalue weighted by molar-refractivity contribution is -0.135. The topological polar surface area (TPSA) is 49.4 Å². The van der Waals surface area contributed by atoms with E-state index in [2.05, 4.69) is 5.32 Å². The van der Waals surface area contributed by atoms with Crippen LogP contribution in [0.5, 0.6) is 0 Å². The maximum absolute atomic E-state index is 13.8. The van der Waals surface area contributed by atoms with Gasteiger partial charge in [0, 0.05) is 29.4 Å². The van der Waals surface area contributed by atoms with Crippen molar-refractivity contribution in [3.05, 3.63) is 58.9 Å². The van der Waals surface area contributed by atoms with Gasteiger partial charge >= 0.3 is 0 Å². The molecule has 3 rings (SSSR count). The molecule has 136 valence electrons. The number of hydrogen-bond acceptors (Lipinski definition) is 3. The molecule has 1 fully saturated rings. The van der Waals surface area contributed by atoms with Gasteiger partial charge in [0.05, 0.1) is 5.69 Å². The maximum Gasteiger partial charge on any atom is 0.237 e. The van der Waals surface area contributed by atoms with Crippen LogP contribution >= 0.6 is 23.4 Å². The van der Waals surface area contributed by atoms with Crippen LogP contribution in [0.4, 0.5) is 10.1 Å². The number of amides is 2. The van der Waals surface area contributed by atoms with E-state index in [0.29, 0.717) is 17.8 Å². The minimum absolute atomic E-state index is 0.244. The van der Waals surface area contributed by atoms with E-state index < -0.39 is 23.6 Å². The van der Waals surface area contributed by atoms with E-state index in [9.17, 15) is 14.0 Å². The molecule has 26 heavy (non-hydrogen) atoms. The molecule has 2 atom stereocenters. The molecule has 1 heterocycles. The predicted molar refractivity (Wildman–Crippen MR) is 102 cm³/mol. The van der Waals surface area contributed by atoms with E-state index >= 15 is 0 Å². The molecule has 0 saturated carbocycles. The van der Waals surface area contributed by atoms with Gasteiger partial charge in [-0.2, -0.15) is 0 Å². The zero-order chi connectivity index (χ0) is 18.8. The van der Waals surface area contributed by atoms with Gasteiger partial charge in [-0.1, -0.05) is 23.7 Å². The molecule has 7 heteroatoms. The molecule has 0 unspecified atom stereocenters. The molecule has 0 bridgehead atoms. The molecule has 1 aliphatic heterocycles. The second-order valence-electron chi connectivity index (χ2n) is 6.20. The zero-order valence-corrected chi connectivity index (χ0v) is 15.9. The standard InChI is InChI=1S/C19H18ClFN2O2S/c1-23-10-14(11-7-12(20)9-13(21)8-11)17(19(23)25)18(24)22-15-5-3-4-6-16(15)26-2/h3-9,14,17H,10H2,1-2H3,(H,22,24)/t14-,17+/m1/s1. The van der Waals surface area contributed by atoms with Crippen LogP contribution in [0.1, 0.15) is 11.5 Å². The van der Waals surface area contributed by atoms with Gasteiger partial charge < -0.3 is 10.2 Å². The fourth-order valence-electron chi connectivity index (χ4n) is 3.24. The minimum Gasteiger partial charge on any atom is -0.344 e. The Bertz CT molecular complexity index is 841. The van der Waals surface area contributed by atoms with Crippen molar-refractivity contribution in [1.82, 2.24) is 4.90 Å². The van der Waals surface area contributed by atoms with Crippen LogP contribution < -0.4 is 5.32 Å². The van der Waals surface area contributed by atoms with Crippen LogP contribution in [-0.2, 0) is 9.59 Å². The minimum atomic E-state index is -0.923. The average Bonchev–Trinajstić information content (AvgIpc) is 2.90. The second-order valence-corrected chi connectivity index (χ2v) is 7.48. The summed E-state index contributed by atoms with van der Waals surface area (Å²) in [5.41, 5.74) is 1.20. The molecule has 2 aromatic carbocycles. The fraction of sp³-hybridized carbons (Fsp3) is 0.263. The lowest BCUT2D eigenvalue weighted by Crippen LogP contribution is -2.32. The first-order chi connectivity index (χ1) is 12.4. The number of carbonyl (C=O) groups is 2. The predicted octanol–water partition coefficient (Wildman–Crippen LogP) is 4.01. The highest BCUT2D eigenvalue weighted by Gasteiger charge is 2.44. The van der Waals surface area contributed by atoms with Gasteiger partial charge in [-0.15, -0.1) is 11.8 Å². The summed E-state index contributed by atoms with van der Waals surface area (Å²) in [5, 5.41) is 3.09. The Hall–Kier alpha value is -2.05. The molecule has 1 saturated heterocycles. The summed E-state index contributed by atoms with van der Waals surface area (Å²) in [6, 6.07) is 11.5. The van der Waals surface area contributed by atoms with E-state index in [0.717, 1.165) is 4.90 Å². The highest BCUT2D eigenvalue weighted by atomic mass is 35.5. The summed E-state index contributed by atoms with van der Waals surface area (Å²) in [6.07, 6.45) is 1.91. The average molecular weight is 393 g/mol. The van der Waals surface area contributed by atoms with Crippen LogP contribution in [0.15, 0.2) is 47.4 Å². The van der Waals surface area contributed by atoms with Crippen molar-refractivity contribution in [3.8, 4) is 0 Å². The van der Waals surface area contributed by atoms with Crippen molar-refractivity contribution < 1.29 is 14.0 Å². The molecule has 0 aromatic heterocycles. The first-order valence-corrected chi connectivity index (χ1v) is 9.66. The molecule has 0 spiro atoms. The number of para-hydroxylation sites is 1. The molecule has 1 aliphatic rings. The van der Waals surface area contributed by atoms with Gasteiger partial charge in [0.2, 0.25) is 11.8 Å². The number of anilines is 1. The summed E-state index contributed by atoms with van der Waals surface area (Å²) in [5.74, 6) is -2.54. The first kappa shape index (κ1) is 18.7. The second kappa shape index (κ2) is 7.68. The number of hydrogen-bond donors (Lipinski definition) is 1. The monoisotopic (exact) mass is 392 g/mol. The maximum atomic E-state index is 13.8. The third kappa shape index (κ3) is 3.71. The number of benzene rings is 2. The van der Waals surface area contributed by atoms with E-state index in [4.69, 9.17) is 11.6 Å². The van der Waals surface area contributed by atoms with E-state index in [1.165, 1.54) is 28.8 Å². The molecule has 2 aromatic rings. The Morgan fingerprint density at radius 1 is 1.31 bits per heavy atom. The number of halogens is 2. The molecule has 1 N–H and O–H groups in total. The number of nitrogens with one attached hydrogen (secondary N) is 1. The van der Waals surface area contributed by atoms with Crippen LogP contribution in [0.3, 0.4) is 0 Å². The van der Waals surface area contributed by atoms with Gasteiger partial charge in [0.15, 0.2) is 0 Å². The number of likely N-dealkylation sites (tertiary alicyclic amines) is 1. The van der Waals surface area contributed by atoms with Crippen molar-refractivity contribution in [2.24, 2.45) is 5.92 Å². The van der Waals surface area contributed by atoms with Gasteiger partial charge in [-0.05, 0) is 42.2 Å². The van der Waals surface area contributed by atoms with Crippen molar-refractivity contribution in [3.63, 3.8) is 0 Å². The number of carbonyl (C=O) groups excluding carboxylic acids is 2. The Balaban J connectivity index is 1.92. The van der Waals surface area contributed by atoms with Crippen molar-refractivity contribution in [2.45, 2.75) is 10.8 Å². The largest absolute Gasteiger partial charge is 0.344 e. The number of nitrogens with zero attached hydrogens (tertiary/aromatic N) is 1. The van der Waals surface area contributed by atoms with Crippen LogP contribution in [0, 0.1) is 11.7 Å². The molecule has 0 radical (unpaired) electrons. The van der Waals surface area contributed by atoms with Crippen molar-refractivity contribution in [1.29, 1.82) is 0 Å². The van der Waals surface area contributed by atoms with Crippen molar-refractivity contribution in [2.75, 3.05) is 25.2 Å². The lowest BCUT2D eigenvalue weighted by Gasteiger charge is -2.18. The molecule has 0 aliphatic carbocycles. The fourth-order valence-corrected chi connectivity index (χ4v) is 4.02. The number of rotatable bonds is 4. The Labute approximate surface area is 160 Å². The summed E-state index contributed by atoms with van der Waals surface area (Å²) in [4.78, 5) is 27.9. The van der Waals surface area contributed by atoms with Crippen LogP contribution in [-0.4, -0.2) is 36.6 Å². The zero-order valence-electron chi connectivity index (χ0n) is 14.3. The molecule has 2 amide bonds. The summed E-state index contributed by atoms with van der Waals surface area (Å²) < 4.78 is 13.8. The SMILES string of the molecule is CSc1ccccc1NC(=O)[C@H]1C(=O)N(C)C[C@@H]1c1cc(F)cc(Cl)c1. The van der Waals surface area contributed by atoms with Gasteiger partial charge in [-0.3, -0.25) is 9.59 Å². The van der Waals surface area contributed by atoms with Gasteiger partial charge in [-0.25, -0.2) is 4.39 Å². The van der Waals surface area contributed by atoms with E-state index in [1.807, 2.05) is 24.5 Å². The summed E-state index contributed by atoms with van der Waals surface area (Å²) in [7, 11) is 1.64. The normalized spacial score (nSPS) is 19.7. The van der Waals surface area contributed by atoms with Crippen LogP contribution in [0.25, 0.3) is 0 Å². The van der Waals surface area contributed by atoms with Crippen molar-refractivity contribution >= 4 is 40.9 Å². The first-order valence-electron chi connectivity index (χ1n) is 8.05. The third-order valence-electron chi connectivity index (χ3n) is 4.48. The molecular weight excluding hydrogens is 375 g/mol. The number of thioether (sulfide) groups is 1.